The zero-order chi connectivity index (χ0) is 15.6. The standard InChI is InChI=1S/C14H17F3N2O2/c1-8-4-5-19(11(8)7-20)6-12(21)18-10-3-2-9(15)13(16)14(10)17/h2-3,8,11,20H,4-7H2,1H3,(H,18,21). The van der Waals surface area contributed by atoms with Crippen LogP contribution in [0.25, 0.3) is 0 Å². The minimum Gasteiger partial charge on any atom is -0.395 e. The third-order valence-electron chi connectivity index (χ3n) is 3.84. The summed E-state index contributed by atoms with van der Waals surface area (Å²) < 4.78 is 39.3. The molecule has 1 aliphatic rings. The Labute approximate surface area is 120 Å². The minimum atomic E-state index is -1.61. The Morgan fingerprint density at radius 1 is 1.38 bits per heavy atom. The second-order valence-corrected chi connectivity index (χ2v) is 5.26. The van der Waals surface area contributed by atoms with Gasteiger partial charge in [-0.1, -0.05) is 6.92 Å². The lowest BCUT2D eigenvalue weighted by Gasteiger charge is -2.24. The Kier molecular flexibility index (Phi) is 4.84. The van der Waals surface area contributed by atoms with E-state index in [4.69, 9.17) is 0 Å². The third kappa shape index (κ3) is 3.36. The van der Waals surface area contributed by atoms with Crippen molar-refractivity contribution in [3.05, 3.63) is 29.6 Å². The van der Waals surface area contributed by atoms with E-state index in [0.717, 1.165) is 18.6 Å². The highest BCUT2D eigenvalue weighted by Crippen LogP contribution is 2.24. The number of nitrogens with one attached hydrogen (secondary N) is 1. The number of nitrogens with zero attached hydrogens (tertiary/aromatic N) is 1. The van der Waals surface area contributed by atoms with Crippen LogP contribution in [0.5, 0.6) is 0 Å². The lowest BCUT2D eigenvalue weighted by Crippen LogP contribution is -2.40. The van der Waals surface area contributed by atoms with Gasteiger partial charge in [0.05, 0.1) is 18.8 Å². The molecule has 1 amide bonds. The molecule has 0 radical (unpaired) electrons. The maximum Gasteiger partial charge on any atom is 0.238 e. The smallest absolute Gasteiger partial charge is 0.238 e. The van der Waals surface area contributed by atoms with E-state index in [9.17, 15) is 23.1 Å². The van der Waals surface area contributed by atoms with Gasteiger partial charge in [-0.3, -0.25) is 9.69 Å². The molecule has 0 aliphatic carbocycles. The van der Waals surface area contributed by atoms with Gasteiger partial charge in [-0.2, -0.15) is 0 Å². The van der Waals surface area contributed by atoms with E-state index in [1.807, 2.05) is 6.92 Å². The highest BCUT2D eigenvalue weighted by Gasteiger charge is 2.31. The molecule has 1 aliphatic heterocycles. The topological polar surface area (TPSA) is 52.6 Å². The molecule has 1 aromatic carbocycles. The summed E-state index contributed by atoms with van der Waals surface area (Å²) in [5.41, 5.74) is -0.397. The summed E-state index contributed by atoms with van der Waals surface area (Å²) in [5, 5.41) is 11.5. The fraction of sp³-hybridized carbons (Fsp3) is 0.500. The maximum absolute atomic E-state index is 13.5. The van der Waals surface area contributed by atoms with Crippen LogP contribution < -0.4 is 5.32 Å². The predicted octanol–water partition coefficient (Wildman–Crippen LogP) is 1.75. The number of carbonyl (C=O) groups excluding carboxylic acids is 1. The molecule has 21 heavy (non-hydrogen) atoms. The number of anilines is 1. The van der Waals surface area contributed by atoms with Crippen molar-refractivity contribution in [2.45, 2.75) is 19.4 Å². The minimum absolute atomic E-state index is 0.0337. The molecule has 0 spiro atoms. The van der Waals surface area contributed by atoms with Crippen LogP contribution in [0.1, 0.15) is 13.3 Å². The number of aliphatic hydroxyl groups excluding tert-OH is 1. The Balaban J connectivity index is 2.01. The summed E-state index contributed by atoms with van der Waals surface area (Å²) in [6, 6.07) is 1.61. The molecule has 7 heteroatoms. The zero-order valence-electron chi connectivity index (χ0n) is 11.6. The lowest BCUT2D eigenvalue weighted by atomic mass is 10.0. The van der Waals surface area contributed by atoms with E-state index in [-0.39, 0.29) is 25.1 Å². The van der Waals surface area contributed by atoms with Crippen molar-refractivity contribution in [3.63, 3.8) is 0 Å². The Morgan fingerprint density at radius 3 is 2.76 bits per heavy atom. The molecule has 2 atom stereocenters. The van der Waals surface area contributed by atoms with Crippen molar-refractivity contribution >= 4 is 11.6 Å². The molecular weight excluding hydrogens is 285 g/mol. The maximum atomic E-state index is 13.5. The van der Waals surface area contributed by atoms with Gasteiger partial charge in [0.2, 0.25) is 5.91 Å². The average Bonchev–Trinajstić information content (AvgIpc) is 2.79. The lowest BCUT2D eigenvalue weighted by molar-refractivity contribution is -0.117. The van der Waals surface area contributed by atoms with Gasteiger partial charge in [0.25, 0.3) is 0 Å². The first-order valence-electron chi connectivity index (χ1n) is 6.72. The molecule has 2 N–H and O–H groups in total. The first-order chi connectivity index (χ1) is 9.93. The van der Waals surface area contributed by atoms with Crippen molar-refractivity contribution < 1.29 is 23.1 Å². The molecule has 0 saturated carbocycles. The summed E-state index contributed by atoms with van der Waals surface area (Å²) in [5.74, 6) is -4.61. The Hall–Kier alpha value is -1.60. The molecule has 2 rings (SSSR count). The SMILES string of the molecule is CC1CCN(CC(=O)Nc2ccc(F)c(F)c2F)C1CO. The van der Waals surface area contributed by atoms with E-state index < -0.39 is 29.0 Å². The van der Waals surface area contributed by atoms with E-state index in [2.05, 4.69) is 5.32 Å². The van der Waals surface area contributed by atoms with Gasteiger partial charge in [-0.05, 0) is 31.0 Å². The van der Waals surface area contributed by atoms with Crippen LogP contribution in [0.3, 0.4) is 0 Å². The van der Waals surface area contributed by atoms with Crippen LogP contribution in [-0.4, -0.2) is 41.7 Å². The first-order valence-corrected chi connectivity index (χ1v) is 6.72. The molecular formula is C14H17F3N2O2. The fourth-order valence-electron chi connectivity index (χ4n) is 2.58. The second kappa shape index (κ2) is 6.44. The van der Waals surface area contributed by atoms with Crippen molar-refractivity contribution in [3.8, 4) is 0 Å². The zero-order valence-corrected chi connectivity index (χ0v) is 11.6. The van der Waals surface area contributed by atoms with Crippen LogP contribution in [0.15, 0.2) is 12.1 Å². The van der Waals surface area contributed by atoms with Crippen LogP contribution in [-0.2, 0) is 4.79 Å². The summed E-state index contributed by atoms with van der Waals surface area (Å²) in [6.07, 6.45) is 0.859. The molecule has 2 unspecified atom stereocenters. The molecule has 0 aromatic heterocycles. The van der Waals surface area contributed by atoms with E-state index in [1.54, 1.807) is 4.90 Å². The van der Waals surface area contributed by atoms with E-state index >= 15 is 0 Å². The van der Waals surface area contributed by atoms with Gasteiger partial charge < -0.3 is 10.4 Å². The van der Waals surface area contributed by atoms with Gasteiger partial charge in [0.1, 0.15) is 0 Å². The summed E-state index contributed by atoms with van der Waals surface area (Å²) >= 11 is 0. The van der Waals surface area contributed by atoms with Gasteiger partial charge in [-0.15, -0.1) is 0 Å². The normalized spacial score (nSPS) is 22.5. The number of aliphatic hydroxyl groups is 1. The summed E-state index contributed by atoms with van der Waals surface area (Å²) in [6.45, 7) is 2.54. The number of likely N-dealkylation sites (tertiary alicyclic amines) is 1. The van der Waals surface area contributed by atoms with Gasteiger partial charge >= 0.3 is 0 Å². The van der Waals surface area contributed by atoms with Crippen LogP contribution >= 0.6 is 0 Å². The van der Waals surface area contributed by atoms with Crippen molar-refractivity contribution in [1.82, 2.24) is 4.90 Å². The largest absolute Gasteiger partial charge is 0.395 e. The molecule has 1 heterocycles. The second-order valence-electron chi connectivity index (χ2n) is 5.26. The molecule has 0 bridgehead atoms. The first kappa shape index (κ1) is 15.8. The monoisotopic (exact) mass is 302 g/mol. The van der Waals surface area contributed by atoms with E-state index in [1.165, 1.54) is 0 Å². The predicted molar refractivity (Wildman–Crippen MR) is 71.2 cm³/mol. The Bertz CT molecular complexity index is 539. The van der Waals surface area contributed by atoms with Crippen LogP contribution in [0.2, 0.25) is 0 Å². The molecule has 1 aromatic rings. The number of hydrogen-bond donors (Lipinski definition) is 2. The van der Waals surface area contributed by atoms with E-state index in [0.29, 0.717) is 6.54 Å². The Morgan fingerprint density at radius 2 is 2.10 bits per heavy atom. The van der Waals surface area contributed by atoms with Crippen LogP contribution in [0.4, 0.5) is 18.9 Å². The van der Waals surface area contributed by atoms with Crippen molar-refractivity contribution in [1.29, 1.82) is 0 Å². The highest BCUT2D eigenvalue weighted by atomic mass is 19.2. The number of benzene rings is 1. The van der Waals surface area contributed by atoms with Crippen molar-refractivity contribution in [2.75, 3.05) is 25.0 Å². The summed E-state index contributed by atoms with van der Waals surface area (Å²) in [4.78, 5) is 13.7. The molecule has 1 saturated heterocycles. The fourth-order valence-corrected chi connectivity index (χ4v) is 2.58. The van der Waals surface area contributed by atoms with Gasteiger partial charge in [-0.25, -0.2) is 13.2 Å². The molecule has 1 fully saturated rings. The molecule has 4 nitrogen and oxygen atoms in total. The van der Waals surface area contributed by atoms with Crippen LogP contribution in [0, 0.1) is 23.4 Å². The molecule has 116 valence electrons. The number of halogens is 3. The quantitative estimate of drug-likeness (QED) is 0.833. The number of hydrogen-bond acceptors (Lipinski definition) is 3. The number of rotatable bonds is 4. The average molecular weight is 302 g/mol. The summed E-state index contributed by atoms with van der Waals surface area (Å²) in [7, 11) is 0. The highest BCUT2D eigenvalue weighted by molar-refractivity contribution is 5.92. The van der Waals surface area contributed by atoms with Gasteiger partial charge in [0.15, 0.2) is 17.5 Å². The van der Waals surface area contributed by atoms with Crippen molar-refractivity contribution in [2.24, 2.45) is 5.92 Å². The third-order valence-corrected chi connectivity index (χ3v) is 3.84. The van der Waals surface area contributed by atoms with Gasteiger partial charge in [0, 0.05) is 6.04 Å². The number of amides is 1. The number of carbonyl (C=O) groups is 1.